The highest BCUT2D eigenvalue weighted by Gasteiger charge is 2.25. The van der Waals surface area contributed by atoms with Crippen LogP contribution in [0.2, 0.25) is 0 Å². The molecule has 29 heavy (non-hydrogen) atoms. The highest BCUT2D eigenvalue weighted by Crippen LogP contribution is 2.30. The molecule has 0 spiro atoms. The number of carbonyl (C=O) groups is 2. The van der Waals surface area contributed by atoms with Crippen LogP contribution in [0, 0.1) is 13.8 Å². The molecule has 2 heterocycles. The molecular weight excluding hydrogens is 380 g/mol. The normalized spacial score (nSPS) is 15.7. The van der Waals surface area contributed by atoms with Gasteiger partial charge in [0.25, 0.3) is 0 Å². The number of hydrogen-bond acceptors (Lipinski definition) is 3. The largest absolute Gasteiger partial charge is 0.311 e. The second-order valence-corrected chi connectivity index (χ2v) is 9.04. The molecule has 2 aromatic rings. The van der Waals surface area contributed by atoms with Gasteiger partial charge < -0.3 is 9.80 Å². The summed E-state index contributed by atoms with van der Waals surface area (Å²) in [5.41, 5.74) is 7.06. The molecule has 152 valence electrons. The number of carbonyl (C=O) groups excluding carboxylic acids is 2. The van der Waals surface area contributed by atoms with Gasteiger partial charge in [0.1, 0.15) is 0 Å². The SMILES string of the molecule is Cc1ccc2c(c1)CCCN2C(=O)CSCC(=O)N1CCCc2cc(C)ccc21. The Balaban J connectivity index is 1.36. The predicted octanol–water partition coefficient (Wildman–Crippen LogP) is 4.30. The van der Waals surface area contributed by atoms with Crippen molar-refractivity contribution in [3.05, 3.63) is 58.7 Å². The molecule has 0 aliphatic carbocycles. The number of rotatable bonds is 4. The summed E-state index contributed by atoms with van der Waals surface area (Å²) in [5, 5.41) is 0. The van der Waals surface area contributed by atoms with Gasteiger partial charge in [-0.2, -0.15) is 0 Å². The van der Waals surface area contributed by atoms with E-state index in [1.165, 1.54) is 34.0 Å². The smallest absolute Gasteiger partial charge is 0.236 e. The highest BCUT2D eigenvalue weighted by atomic mass is 32.2. The monoisotopic (exact) mass is 408 g/mol. The highest BCUT2D eigenvalue weighted by molar-refractivity contribution is 8.00. The Kier molecular flexibility index (Phi) is 5.95. The lowest BCUT2D eigenvalue weighted by Gasteiger charge is -2.31. The lowest BCUT2D eigenvalue weighted by atomic mass is 9.99. The van der Waals surface area contributed by atoms with Crippen LogP contribution in [0.5, 0.6) is 0 Å². The number of fused-ring (bicyclic) bond motifs is 2. The number of benzene rings is 2. The first-order valence-electron chi connectivity index (χ1n) is 10.4. The van der Waals surface area contributed by atoms with Gasteiger partial charge in [0, 0.05) is 24.5 Å². The minimum atomic E-state index is 0.0993. The Labute approximate surface area is 177 Å². The molecule has 0 N–H and O–H groups in total. The van der Waals surface area contributed by atoms with Crippen molar-refractivity contribution >= 4 is 35.0 Å². The second kappa shape index (κ2) is 8.62. The number of amides is 2. The van der Waals surface area contributed by atoms with Crippen molar-refractivity contribution in [3.8, 4) is 0 Å². The van der Waals surface area contributed by atoms with E-state index in [1.807, 2.05) is 9.80 Å². The molecule has 2 aliphatic rings. The maximum Gasteiger partial charge on any atom is 0.236 e. The van der Waals surface area contributed by atoms with E-state index in [1.54, 1.807) is 0 Å². The summed E-state index contributed by atoms with van der Waals surface area (Å²) < 4.78 is 0. The Morgan fingerprint density at radius 2 is 1.24 bits per heavy atom. The van der Waals surface area contributed by atoms with Gasteiger partial charge in [0.2, 0.25) is 11.8 Å². The maximum absolute atomic E-state index is 12.8. The number of aryl methyl sites for hydroxylation is 4. The van der Waals surface area contributed by atoms with Crippen molar-refractivity contribution in [2.75, 3.05) is 34.4 Å². The predicted molar refractivity (Wildman–Crippen MR) is 121 cm³/mol. The molecule has 0 bridgehead atoms. The van der Waals surface area contributed by atoms with E-state index in [4.69, 9.17) is 0 Å². The first-order chi connectivity index (χ1) is 14.0. The fourth-order valence-corrected chi connectivity index (χ4v) is 5.11. The van der Waals surface area contributed by atoms with Crippen LogP contribution in [0.4, 0.5) is 11.4 Å². The third-order valence-electron chi connectivity index (χ3n) is 5.76. The Bertz CT molecular complexity index is 865. The molecule has 0 saturated heterocycles. The molecule has 0 radical (unpaired) electrons. The van der Waals surface area contributed by atoms with Crippen LogP contribution in [0.25, 0.3) is 0 Å². The van der Waals surface area contributed by atoms with E-state index in [-0.39, 0.29) is 11.8 Å². The molecule has 5 heteroatoms. The second-order valence-electron chi connectivity index (χ2n) is 8.05. The summed E-state index contributed by atoms with van der Waals surface area (Å²) >= 11 is 1.43. The van der Waals surface area contributed by atoms with Crippen LogP contribution in [0.3, 0.4) is 0 Å². The molecular formula is C24H28N2O2S. The fraction of sp³-hybridized carbons (Fsp3) is 0.417. The fourth-order valence-electron chi connectivity index (χ4n) is 4.35. The van der Waals surface area contributed by atoms with E-state index in [0.717, 1.165) is 50.1 Å². The molecule has 0 fully saturated rings. The van der Waals surface area contributed by atoms with E-state index < -0.39 is 0 Å². The lowest BCUT2D eigenvalue weighted by molar-refractivity contribution is -0.116. The van der Waals surface area contributed by atoms with Crippen molar-refractivity contribution in [3.63, 3.8) is 0 Å². The van der Waals surface area contributed by atoms with Crippen LogP contribution < -0.4 is 9.80 Å². The van der Waals surface area contributed by atoms with Crippen LogP contribution in [0.1, 0.15) is 35.1 Å². The van der Waals surface area contributed by atoms with Crippen LogP contribution in [0.15, 0.2) is 36.4 Å². The first-order valence-corrected chi connectivity index (χ1v) is 11.6. The van der Waals surface area contributed by atoms with Crippen molar-refractivity contribution in [2.24, 2.45) is 0 Å². The van der Waals surface area contributed by atoms with Crippen molar-refractivity contribution in [1.82, 2.24) is 0 Å². The van der Waals surface area contributed by atoms with E-state index in [9.17, 15) is 9.59 Å². The third kappa shape index (κ3) is 4.35. The standard InChI is InChI=1S/C24H28N2O2S/c1-17-7-9-21-19(13-17)5-3-11-25(21)23(27)15-29-16-24(28)26-12-4-6-20-14-18(2)8-10-22(20)26/h7-10,13-14H,3-6,11-12,15-16H2,1-2H3. The summed E-state index contributed by atoms with van der Waals surface area (Å²) in [7, 11) is 0. The van der Waals surface area contributed by atoms with Crippen molar-refractivity contribution < 1.29 is 9.59 Å². The van der Waals surface area contributed by atoms with E-state index in [2.05, 4.69) is 50.2 Å². The summed E-state index contributed by atoms with van der Waals surface area (Å²) in [5.74, 6) is 0.881. The van der Waals surface area contributed by atoms with Gasteiger partial charge in [-0.1, -0.05) is 35.4 Å². The maximum atomic E-state index is 12.8. The molecule has 4 rings (SSSR count). The van der Waals surface area contributed by atoms with Crippen molar-refractivity contribution in [2.45, 2.75) is 39.5 Å². The van der Waals surface area contributed by atoms with Gasteiger partial charge in [-0.3, -0.25) is 9.59 Å². The average molecular weight is 409 g/mol. The summed E-state index contributed by atoms with van der Waals surface area (Å²) in [6, 6.07) is 12.6. The quantitative estimate of drug-likeness (QED) is 0.758. The van der Waals surface area contributed by atoms with E-state index in [0.29, 0.717) is 11.5 Å². The Morgan fingerprint density at radius 3 is 1.69 bits per heavy atom. The molecule has 0 aromatic heterocycles. The average Bonchev–Trinajstić information content (AvgIpc) is 2.72. The minimum absolute atomic E-state index is 0.0993. The molecule has 0 atom stereocenters. The Morgan fingerprint density at radius 1 is 0.793 bits per heavy atom. The van der Waals surface area contributed by atoms with Gasteiger partial charge >= 0.3 is 0 Å². The van der Waals surface area contributed by atoms with Crippen LogP contribution in [-0.2, 0) is 22.4 Å². The molecule has 0 saturated carbocycles. The zero-order valence-corrected chi connectivity index (χ0v) is 18.1. The summed E-state index contributed by atoms with van der Waals surface area (Å²) in [6.07, 6.45) is 4.05. The van der Waals surface area contributed by atoms with Gasteiger partial charge in [0.15, 0.2) is 0 Å². The van der Waals surface area contributed by atoms with Crippen molar-refractivity contribution in [1.29, 1.82) is 0 Å². The zero-order chi connectivity index (χ0) is 20.4. The van der Waals surface area contributed by atoms with Crippen LogP contribution in [-0.4, -0.2) is 36.4 Å². The third-order valence-corrected chi connectivity index (χ3v) is 6.66. The first kappa shape index (κ1) is 20.0. The molecule has 2 amide bonds. The molecule has 2 aromatic carbocycles. The lowest BCUT2D eigenvalue weighted by Crippen LogP contribution is -2.38. The van der Waals surface area contributed by atoms with Gasteiger partial charge in [-0.25, -0.2) is 0 Å². The Hall–Kier alpha value is -2.27. The zero-order valence-electron chi connectivity index (χ0n) is 17.2. The molecule has 2 aliphatic heterocycles. The van der Waals surface area contributed by atoms with Gasteiger partial charge in [-0.15, -0.1) is 11.8 Å². The van der Waals surface area contributed by atoms with E-state index >= 15 is 0 Å². The number of anilines is 2. The number of hydrogen-bond donors (Lipinski definition) is 0. The topological polar surface area (TPSA) is 40.6 Å². The molecule has 4 nitrogen and oxygen atoms in total. The molecule has 0 unspecified atom stereocenters. The number of nitrogens with zero attached hydrogens (tertiary/aromatic N) is 2. The number of thioether (sulfide) groups is 1. The van der Waals surface area contributed by atoms with Crippen LogP contribution >= 0.6 is 11.8 Å². The minimum Gasteiger partial charge on any atom is -0.311 e. The van der Waals surface area contributed by atoms with Gasteiger partial charge in [0.05, 0.1) is 11.5 Å². The summed E-state index contributed by atoms with van der Waals surface area (Å²) in [6.45, 7) is 5.70. The summed E-state index contributed by atoms with van der Waals surface area (Å²) in [4.78, 5) is 29.4. The van der Waals surface area contributed by atoms with Gasteiger partial charge in [-0.05, 0) is 62.8 Å².